The second-order valence-corrected chi connectivity index (χ2v) is 3.62. The molecule has 0 aromatic rings. The Morgan fingerprint density at radius 3 is 2.92 bits per heavy atom. The fourth-order valence-electron chi connectivity index (χ4n) is 1.13. The Kier molecular flexibility index (Phi) is 4.61. The van der Waals surface area contributed by atoms with E-state index in [9.17, 15) is 4.79 Å². The number of hydrogen-bond acceptors (Lipinski definition) is 2. The van der Waals surface area contributed by atoms with E-state index >= 15 is 0 Å². The van der Waals surface area contributed by atoms with Gasteiger partial charge in [0.15, 0.2) is 0 Å². The van der Waals surface area contributed by atoms with E-state index < -0.39 is 0 Å². The summed E-state index contributed by atoms with van der Waals surface area (Å²) in [5.41, 5.74) is 0. The molecule has 0 radical (unpaired) electrons. The number of alkyl halides is 1. The molecule has 0 bridgehead atoms. The van der Waals surface area contributed by atoms with Crippen LogP contribution in [-0.4, -0.2) is 29.5 Å². The lowest BCUT2D eigenvalue weighted by Crippen LogP contribution is -2.25. The van der Waals surface area contributed by atoms with Gasteiger partial charge in [0, 0.05) is 18.3 Å². The minimum atomic E-state index is 0.133. The molecule has 1 saturated heterocycles. The minimum Gasteiger partial charge on any atom is -0.273 e. The molecule has 3 nitrogen and oxygen atoms in total. The van der Waals surface area contributed by atoms with E-state index in [2.05, 4.69) is 15.9 Å². The Morgan fingerprint density at radius 2 is 2.33 bits per heavy atom. The van der Waals surface area contributed by atoms with Crippen molar-refractivity contribution in [2.24, 2.45) is 0 Å². The highest BCUT2D eigenvalue weighted by molar-refractivity contribution is 9.09. The number of carbonyl (C=O) groups is 1. The summed E-state index contributed by atoms with van der Waals surface area (Å²) in [7, 11) is 0. The van der Waals surface area contributed by atoms with Gasteiger partial charge in [-0.15, -0.1) is 0 Å². The molecular formula is C8H14BrNO2. The van der Waals surface area contributed by atoms with Gasteiger partial charge in [-0.1, -0.05) is 15.9 Å². The molecule has 0 saturated carbocycles. The molecule has 0 aromatic heterocycles. The predicted molar refractivity (Wildman–Crippen MR) is 49.9 cm³/mol. The van der Waals surface area contributed by atoms with Gasteiger partial charge in [-0.25, -0.2) is 5.06 Å². The van der Waals surface area contributed by atoms with Gasteiger partial charge in [0.25, 0.3) is 0 Å². The summed E-state index contributed by atoms with van der Waals surface area (Å²) < 4.78 is 0. The highest BCUT2D eigenvalue weighted by Gasteiger charge is 2.20. The molecule has 70 valence electrons. The van der Waals surface area contributed by atoms with E-state index in [0.717, 1.165) is 31.1 Å². The maximum absolute atomic E-state index is 11.0. The van der Waals surface area contributed by atoms with Crippen molar-refractivity contribution in [2.75, 3.05) is 18.5 Å². The Balaban J connectivity index is 2.02. The molecule has 4 heteroatoms. The summed E-state index contributed by atoms with van der Waals surface area (Å²) in [5, 5.41) is 2.50. The lowest BCUT2D eigenvalue weighted by molar-refractivity contribution is -0.177. The maximum Gasteiger partial charge on any atom is 0.246 e. The number of hydroxylamine groups is 2. The van der Waals surface area contributed by atoms with Crippen molar-refractivity contribution in [3.8, 4) is 0 Å². The van der Waals surface area contributed by atoms with Crippen LogP contribution in [0.4, 0.5) is 0 Å². The highest BCUT2D eigenvalue weighted by Crippen LogP contribution is 2.10. The smallest absolute Gasteiger partial charge is 0.246 e. The number of halogens is 1. The average Bonchev–Trinajstić information content (AvgIpc) is 2.46. The van der Waals surface area contributed by atoms with E-state index in [1.807, 2.05) is 0 Å². The fraction of sp³-hybridized carbons (Fsp3) is 0.875. The van der Waals surface area contributed by atoms with Gasteiger partial charge < -0.3 is 0 Å². The zero-order chi connectivity index (χ0) is 8.81. The van der Waals surface area contributed by atoms with Crippen molar-refractivity contribution in [3.05, 3.63) is 0 Å². The predicted octanol–water partition coefficient (Wildman–Crippen LogP) is 1.72. The van der Waals surface area contributed by atoms with Crippen LogP contribution in [0.2, 0.25) is 0 Å². The summed E-state index contributed by atoms with van der Waals surface area (Å²) in [6.07, 6.45) is 3.70. The van der Waals surface area contributed by atoms with Gasteiger partial charge in [-0.05, 0) is 19.3 Å². The van der Waals surface area contributed by atoms with Crippen molar-refractivity contribution in [2.45, 2.75) is 25.7 Å². The lowest BCUT2D eigenvalue weighted by Gasteiger charge is -2.14. The van der Waals surface area contributed by atoms with Crippen LogP contribution < -0.4 is 0 Å². The van der Waals surface area contributed by atoms with Gasteiger partial charge in [0.05, 0.1) is 6.61 Å². The molecular weight excluding hydrogens is 222 g/mol. The first-order valence-electron chi connectivity index (χ1n) is 4.34. The number of carbonyl (C=O) groups excluding carboxylic acids is 1. The summed E-state index contributed by atoms with van der Waals surface area (Å²) in [5.74, 6) is 0.133. The third kappa shape index (κ3) is 3.11. The number of hydrogen-bond donors (Lipinski definition) is 0. The monoisotopic (exact) mass is 235 g/mol. The van der Waals surface area contributed by atoms with Crippen LogP contribution in [0.5, 0.6) is 0 Å². The summed E-state index contributed by atoms with van der Waals surface area (Å²) in [6.45, 7) is 1.44. The number of unbranched alkanes of at least 4 members (excludes halogenated alkanes) is 1. The van der Waals surface area contributed by atoms with E-state index in [-0.39, 0.29) is 5.91 Å². The van der Waals surface area contributed by atoms with Crippen molar-refractivity contribution in [3.63, 3.8) is 0 Å². The van der Waals surface area contributed by atoms with Crippen molar-refractivity contribution in [1.82, 2.24) is 5.06 Å². The van der Waals surface area contributed by atoms with E-state index in [4.69, 9.17) is 4.84 Å². The summed E-state index contributed by atoms with van der Waals surface area (Å²) >= 11 is 3.34. The Morgan fingerprint density at radius 1 is 1.50 bits per heavy atom. The molecule has 1 rings (SSSR count). The maximum atomic E-state index is 11.0. The fourth-order valence-corrected chi connectivity index (χ4v) is 1.53. The van der Waals surface area contributed by atoms with Gasteiger partial charge in [0.1, 0.15) is 0 Å². The van der Waals surface area contributed by atoms with Gasteiger partial charge in [0.2, 0.25) is 5.91 Å². The van der Waals surface area contributed by atoms with Crippen LogP contribution >= 0.6 is 15.9 Å². The van der Waals surface area contributed by atoms with E-state index in [0.29, 0.717) is 13.0 Å². The number of rotatable bonds is 5. The average molecular weight is 236 g/mol. The van der Waals surface area contributed by atoms with Crippen LogP contribution in [0.1, 0.15) is 25.7 Å². The molecule has 1 aliphatic heterocycles. The molecule has 0 N–H and O–H groups in total. The quantitative estimate of drug-likeness (QED) is 0.537. The van der Waals surface area contributed by atoms with Crippen LogP contribution in [0, 0.1) is 0 Å². The van der Waals surface area contributed by atoms with Gasteiger partial charge in [-0.2, -0.15) is 0 Å². The van der Waals surface area contributed by atoms with Crippen molar-refractivity contribution >= 4 is 21.8 Å². The van der Waals surface area contributed by atoms with Crippen LogP contribution in [-0.2, 0) is 9.63 Å². The Labute approximate surface area is 81.1 Å². The topological polar surface area (TPSA) is 29.5 Å². The normalized spacial score (nSPS) is 17.4. The lowest BCUT2D eigenvalue weighted by atomic mass is 10.4. The van der Waals surface area contributed by atoms with Crippen LogP contribution in [0.3, 0.4) is 0 Å². The Hall–Kier alpha value is -0.0900. The molecule has 0 spiro atoms. The third-order valence-electron chi connectivity index (χ3n) is 1.81. The molecule has 0 atom stereocenters. The Bertz CT molecular complexity index is 152. The SMILES string of the molecule is O=C1CCCN1OCCCCBr. The second-order valence-electron chi connectivity index (χ2n) is 2.83. The first kappa shape index (κ1) is 9.99. The first-order chi connectivity index (χ1) is 5.84. The molecule has 0 aliphatic carbocycles. The highest BCUT2D eigenvalue weighted by atomic mass is 79.9. The third-order valence-corrected chi connectivity index (χ3v) is 2.37. The molecule has 1 heterocycles. The minimum absolute atomic E-state index is 0.133. The van der Waals surface area contributed by atoms with Crippen LogP contribution in [0.15, 0.2) is 0 Å². The van der Waals surface area contributed by atoms with Crippen molar-refractivity contribution in [1.29, 1.82) is 0 Å². The van der Waals surface area contributed by atoms with Gasteiger partial charge in [-0.3, -0.25) is 9.63 Å². The number of amides is 1. The molecule has 1 aliphatic rings. The van der Waals surface area contributed by atoms with Crippen molar-refractivity contribution < 1.29 is 9.63 Å². The molecule has 0 aromatic carbocycles. The van der Waals surface area contributed by atoms with Crippen LogP contribution in [0.25, 0.3) is 0 Å². The summed E-state index contributed by atoms with van der Waals surface area (Å²) in [4.78, 5) is 16.3. The molecule has 1 amide bonds. The zero-order valence-corrected chi connectivity index (χ0v) is 8.68. The first-order valence-corrected chi connectivity index (χ1v) is 5.46. The molecule has 0 unspecified atom stereocenters. The largest absolute Gasteiger partial charge is 0.273 e. The molecule has 1 fully saturated rings. The van der Waals surface area contributed by atoms with E-state index in [1.54, 1.807) is 0 Å². The number of nitrogens with zero attached hydrogens (tertiary/aromatic N) is 1. The zero-order valence-electron chi connectivity index (χ0n) is 7.09. The second kappa shape index (κ2) is 5.54. The van der Waals surface area contributed by atoms with E-state index in [1.165, 1.54) is 5.06 Å². The summed E-state index contributed by atoms with van der Waals surface area (Å²) in [6, 6.07) is 0. The standard InChI is InChI=1S/C8H14BrNO2/c9-5-1-2-7-12-10-6-3-4-8(10)11/h1-7H2. The molecule has 12 heavy (non-hydrogen) atoms. The van der Waals surface area contributed by atoms with Gasteiger partial charge >= 0.3 is 0 Å².